The summed E-state index contributed by atoms with van der Waals surface area (Å²) in [4.78, 5) is 14.0. The molecule has 0 spiro atoms. The van der Waals surface area contributed by atoms with E-state index >= 15 is 0 Å². The first-order valence-electron chi connectivity index (χ1n) is 10.9. The summed E-state index contributed by atoms with van der Waals surface area (Å²) >= 11 is 1.51. The molecular formula is C24H27N3O4S2. The Kier molecular flexibility index (Phi) is 7.21. The first-order valence-corrected chi connectivity index (χ1v) is 13.3. The highest BCUT2D eigenvalue weighted by Gasteiger charge is 2.28. The first-order chi connectivity index (χ1) is 15.8. The normalized spacial score (nSPS) is 17.1. The maximum atomic E-state index is 12.9. The van der Waals surface area contributed by atoms with Gasteiger partial charge in [-0.25, -0.2) is 8.42 Å². The molecule has 4 rings (SSSR count). The van der Waals surface area contributed by atoms with E-state index in [0.29, 0.717) is 36.0 Å². The average molecular weight is 486 g/mol. The number of carbonyl (C=O) groups is 1. The van der Waals surface area contributed by atoms with Crippen LogP contribution < -0.4 is 5.32 Å². The fourth-order valence-electron chi connectivity index (χ4n) is 3.84. The van der Waals surface area contributed by atoms with Crippen molar-refractivity contribution >= 4 is 33.4 Å². The molecule has 3 aromatic rings. The van der Waals surface area contributed by atoms with Crippen molar-refractivity contribution in [2.24, 2.45) is 5.92 Å². The molecule has 0 aliphatic carbocycles. The zero-order valence-corrected chi connectivity index (χ0v) is 20.3. The average Bonchev–Trinajstić information content (AvgIpc) is 3.23. The summed E-state index contributed by atoms with van der Waals surface area (Å²) in [6, 6.07) is 15.6. The number of carbonyl (C=O) groups excluding carboxylic acids is 1. The summed E-state index contributed by atoms with van der Waals surface area (Å²) in [5.74, 6) is 1.44. The minimum atomic E-state index is -3.53. The second-order valence-corrected chi connectivity index (χ2v) is 11.3. The van der Waals surface area contributed by atoms with Crippen LogP contribution in [-0.2, 0) is 15.8 Å². The number of rotatable bonds is 7. The molecule has 2 aromatic carbocycles. The molecule has 0 saturated carbocycles. The molecule has 1 atom stereocenters. The lowest BCUT2D eigenvalue weighted by atomic mass is 10.0. The Hall–Kier alpha value is -2.62. The van der Waals surface area contributed by atoms with E-state index in [9.17, 15) is 13.2 Å². The number of nitrogens with one attached hydrogen (secondary N) is 1. The van der Waals surface area contributed by atoms with Crippen LogP contribution in [0.3, 0.4) is 0 Å². The number of anilines is 1. The molecule has 33 heavy (non-hydrogen) atoms. The van der Waals surface area contributed by atoms with Gasteiger partial charge in [-0.1, -0.05) is 24.2 Å². The molecule has 1 aliphatic heterocycles. The maximum absolute atomic E-state index is 12.9. The van der Waals surface area contributed by atoms with E-state index in [4.69, 9.17) is 4.52 Å². The number of amides is 1. The van der Waals surface area contributed by atoms with Crippen molar-refractivity contribution in [2.75, 3.05) is 18.4 Å². The van der Waals surface area contributed by atoms with E-state index in [1.54, 1.807) is 34.6 Å². The molecule has 0 unspecified atom stereocenters. The molecule has 0 bridgehead atoms. The predicted molar refractivity (Wildman–Crippen MR) is 129 cm³/mol. The molecular weight excluding hydrogens is 458 g/mol. The van der Waals surface area contributed by atoms with Gasteiger partial charge < -0.3 is 9.84 Å². The quantitative estimate of drug-likeness (QED) is 0.476. The zero-order valence-electron chi connectivity index (χ0n) is 18.7. The van der Waals surface area contributed by atoms with E-state index < -0.39 is 10.0 Å². The van der Waals surface area contributed by atoms with Gasteiger partial charge in [-0.05, 0) is 62.1 Å². The standard InChI is InChI=1S/C24H27N3O4S2/c1-17-6-5-13-27(15-17)33(29,30)21-11-9-19(10-12-21)25-24(28)22-7-3-4-8-23(22)32-16-20-14-18(2)31-26-20/h3-4,7-12,14,17H,5-6,13,15-16H2,1-2H3,(H,25,28)/t17-/m0/s1. The number of thioether (sulfide) groups is 1. The number of nitrogens with zero attached hydrogens (tertiary/aromatic N) is 2. The van der Waals surface area contributed by atoms with Gasteiger partial charge in [0, 0.05) is 35.5 Å². The van der Waals surface area contributed by atoms with Crippen molar-refractivity contribution in [1.82, 2.24) is 9.46 Å². The van der Waals surface area contributed by atoms with Crippen molar-refractivity contribution in [3.05, 3.63) is 71.6 Å². The first kappa shape index (κ1) is 23.5. The van der Waals surface area contributed by atoms with Crippen LogP contribution in [0.15, 0.2) is 68.9 Å². The minimum Gasteiger partial charge on any atom is -0.361 e. The fraction of sp³-hybridized carbons (Fsp3) is 0.333. The zero-order chi connectivity index (χ0) is 23.4. The van der Waals surface area contributed by atoms with Crippen LogP contribution in [-0.4, -0.2) is 36.9 Å². The lowest BCUT2D eigenvalue weighted by Crippen LogP contribution is -2.39. The lowest BCUT2D eigenvalue weighted by molar-refractivity contribution is 0.102. The molecule has 2 heterocycles. The highest BCUT2D eigenvalue weighted by molar-refractivity contribution is 7.98. The highest BCUT2D eigenvalue weighted by Crippen LogP contribution is 2.28. The lowest BCUT2D eigenvalue weighted by Gasteiger charge is -2.30. The third-order valence-electron chi connectivity index (χ3n) is 5.55. The number of aryl methyl sites for hydroxylation is 1. The van der Waals surface area contributed by atoms with Gasteiger partial charge in [0.25, 0.3) is 5.91 Å². The van der Waals surface area contributed by atoms with E-state index in [1.807, 2.05) is 31.2 Å². The van der Waals surface area contributed by atoms with Crippen LogP contribution in [0, 0.1) is 12.8 Å². The highest BCUT2D eigenvalue weighted by atomic mass is 32.2. The summed E-state index contributed by atoms with van der Waals surface area (Å²) in [5, 5.41) is 6.86. The second kappa shape index (κ2) is 10.1. The summed E-state index contributed by atoms with van der Waals surface area (Å²) in [6.07, 6.45) is 1.93. The van der Waals surface area contributed by atoms with E-state index in [1.165, 1.54) is 11.8 Å². The van der Waals surface area contributed by atoms with E-state index in [0.717, 1.165) is 29.2 Å². The number of hydrogen-bond donors (Lipinski definition) is 1. The molecule has 7 nitrogen and oxygen atoms in total. The second-order valence-electron chi connectivity index (χ2n) is 8.30. The van der Waals surface area contributed by atoms with Gasteiger partial charge in [-0.2, -0.15) is 4.31 Å². The van der Waals surface area contributed by atoms with Crippen molar-refractivity contribution in [3.63, 3.8) is 0 Å². The third-order valence-corrected chi connectivity index (χ3v) is 8.54. The molecule has 1 amide bonds. The summed E-state index contributed by atoms with van der Waals surface area (Å²) < 4.78 is 32.5. The fourth-order valence-corrected chi connectivity index (χ4v) is 6.37. The maximum Gasteiger partial charge on any atom is 0.256 e. The molecule has 1 aliphatic rings. The molecule has 1 N–H and O–H groups in total. The van der Waals surface area contributed by atoms with Crippen LogP contribution >= 0.6 is 11.8 Å². The van der Waals surface area contributed by atoms with Gasteiger partial charge in [0.1, 0.15) is 5.76 Å². The van der Waals surface area contributed by atoms with Gasteiger partial charge in [-0.15, -0.1) is 11.8 Å². The summed E-state index contributed by atoms with van der Waals surface area (Å²) in [7, 11) is -3.53. The van der Waals surface area contributed by atoms with Crippen molar-refractivity contribution in [3.8, 4) is 0 Å². The Morgan fingerprint density at radius 1 is 1.21 bits per heavy atom. The van der Waals surface area contributed by atoms with E-state index in [-0.39, 0.29) is 10.8 Å². The van der Waals surface area contributed by atoms with Gasteiger partial charge in [0.05, 0.1) is 16.2 Å². The number of hydrogen-bond acceptors (Lipinski definition) is 6. The van der Waals surface area contributed by atoms with Crippen LogP contribution in [0.5, 0.6) is 0 Å². The molecule has 174 valence electrons. The summed E-state index contributed by atoms with van der Waals surface area (Å²) in [5.41, 5.74) is 1.90. The topological polar surface area (TPSA) is 92.5 Å². The third kappa shape index (κ3) is 5.66. The number of benzene rings is 2. The van der Waals surface area contributed by atoms with Gasteiger partial charge in [0.2, 0.25) is 10.0 Å². The van der Waals surface area contributed by atoms with Gasteiger partial charge in [0.15, 0.2) is 0 Å². The van der Waals surface area contributed by atoms with Crippen molar-refractivity contribution < 1.29 is 17.7 Å². The molecule has 1 aromatic heterocycles. The van der Waals surface area contributed by atoms with E-state index in [2.05, 4.69) is 17.4 Å². The Morgan fingerprint density at radius 3 is 2.67 bits per heavy atom. The number of aromatic nitrogens is 1. The van der Waals surface area contributed by atoms with Gasteiger partial charge >= 0.3 is 0 Å². The largest absolute Gasteiger partial charge is 0.361 e. The van der Waals surface area contributed by atoms with Crippen molar-refractivity contribution in [2.45, 2.75) is 42.2 Å². The smallest absolute Gasteiger partial charge is 0.256 e. The Bertz CT molecular complexity index is 1220. The Balaban J connectivity index is 1.44. The minimum absolute atomic E-state index is 0.244. The number of sulfonamides is 1. The van der Waals surface area contributed by atoms with Gasteiger partial charge in [-0.3, -0.25) is 4.79 Å². The molecule has 1 saturated heterocycles. The number of piperidine rings is 1. The Labute approximate surface area is 198 Å². The van der Waals surface area contributed by atoms with Crippen LogP contribution in [0.1, 0.15) is 41.6 Å². The molecule has 9 heteroatoms. The SMILES string of the molecule is Cc1cc(CSc2ccccc2C(=O)Nc2ccc(S(=O)(=O)N3CCC[C@H](C)C3)cc2)no1. The van der Waals surface area contributed by atoms with Crippen LogP contribution in [0.4, 0.5) is 5.69 Å². The van der Waals surface area contributed by atoms with Crippen LogP contribution in [0.2, 0.25) is 0 Å². The van der Waals surface area contributed by atoms with Crippen LogP contribution in [0.25, 0.3) is 0 Å². The summed E-state index contributed by atoms with van der Waals surface area (Å²) in [6.45, 7) is 5.01. The molecule has 1 fully saturated rings. The predicted octanol–water partition coefficient (Wildman–Crippen LogP) is 4.95. The molecule has 0 radical (unpaired) electrons. The monoisotopic (exact) mass is 485 g/mol. The van der Waals surface area contributed by atoms with Crippen molar-refractivity contribution in [1.29, 1.82) is 0 Å². The Morgan fingerprint density at radius 2 is 1.97 bits per heavy atom.